The minimum absolute atomic E-state index is 0.269. The van der Waals surface area contributed by atoms with Crippen LogP contribution in [0.2, 0.25) is 0 Å². The quantitative estimate of drug-likeness (QED) is 0.879. The fourth-order valence-corrected chi connectivity index (χ4v) is 1.52. The van der Waals surface area contributed by atoms with Gasteiger partial charge in [-0.25, -0.2) is 4.39 Å². The molecule has 0 amide bonds. The molecule has 18 heavy (non-hydrogen) atoms. The van der Waals surface area contributed by atoms with E-state index in [2.05, 4.69) is 21.6 Å². The van der Waals surface area contributed by atoms with E-state index in [1.807, 2.05) is 0 Å². The maximum atomic E-state index is 13.5. The molecule has 4 nitrogen and oxygen atoms in total. The molecule has 0 aliphatic heterocycles. The summed E-state index contributed by atoms with van der Waals surface area (Å²) in [6.07, 6.45) is 0. The van der Waals surface area contributed by atoms with E-state index < -0.39 is 5.82 Å². The van der Waals surface area contributed by atoms with Crippen LogP contribution in [0.1, 0.15) is 16.8 Å². The number of halogens is 1. The summed E-state index contributed by atoms with van der Waals surface area (Å²) in [5, 5.41) is 19.7. The van der Waals surface area contributed by atoms with Crippen molar-refractivity contribution in [2.45, 2.75) is 13.8 Å². The number of nitrogens with one attached hydrogen (secondary N) is 1. The molecule has 0 saturated carbocycles. The normalized spacial score (nSPS) is 9.89. The maximum Gasteiger partial charge on any atom is 0.171 e. The van der Waals surface area contributed by atoms with Crippen molar-refractivity contribution >= 4 is 11.5 Å². The minimum Gasteiger partial charge on any atom is -0.335 e. The Morgan fingerprint density at radius 3 is 2.61 bits per heavy atom. The molecule has 1 N–H and O–H groups in total. The summed E-state index contributed by atoms with van der Waals surface area (Å²) in [6, 6.07) is 8.27. The van der Waals surface area contributed by atoms with Crippen molar-refractivity contribution < 1.29 is 4.39 Å². The van der Waals surface area contributed by atoms with Crippen molar-refractivity contribution in [3.05, 3.63) is 46.9 Å². The van der Waals surface area contributed by atoms with E-state index in [1.54, 1.807) is 32.0 Å². The highest BCUT2D eigenvalue weighted by Crippen LogP contribution is 2.22. The van der Waals surface area contributed by atoms with Gasteiger partial charge in [-0.05, 0) is 31.5 Å². The maximum absolute atomic E-state index is 13.5. The monoisotopic (exact) mass is 242 g/mol. The van der Waals surface area contributed by atoms with Gasteiger partial charge in [0.25, 0.3) is 0 Å². The molecule has 1 aromatic heterocycles. The lowest BCUT2D eigenvalue weighted by Gasteiger charge is -2.09. The number of aryl methyl sites for hydroxylation is 1. The molecule has 2 aromatic rings. The molecular weight excluding hydrogens is 231 g/mol. The SMILES string of the molecule is Cc1nnc(Nc2ccccc2F)c(C#N)c1C. The van der Waals surface area contributed by atoms with Gasteiger partial charge in [0.1, 0.15) is 17.4 Å². The highest BCUT2D eigenvalue weighted by molar-refractivity contribution is 5.64. The number of nitriles is 1. The Kier molecular flexibility index (Phi) is 3.20. The third kappa shape index (κ3) is 2.13. The minimum atomic E-state index is -0.401. The summed E-state index contributed by atoms with van der Waals surface area (Å²) < 4.78 is 13.5. The number of benzene rings is 1. The van der Waals surface area contributed by atoms with Crippen molar-refractivity contribution in [1.29, 1.82) is 5.26 Å². The smallest absolute Gasteiger partial charge is 0.171 e. The predicted molar refractivity (Wildman–Crippen MR) is 65.9 cm³/mol. The summed E-state index contributed by atoms with van der Waals surface area (Å²) in [5.41, 5.74) is 2.08. The average molecular weight is 242 g/mol. The van der Waals surface area contributed by atoms with Crippen molar-refractivity contribution in [2.24, 2.45) is 0 Å². The van der Waals surface area contributed by atoms with E-state index in [0.717, 1.165) is 5.56 Å². The molecule has 1 aromatic carbocycles. The van der Waals surface area contributed by atoms with Crippen molar-refractivity contribution in [1.82, 2.24) is 10.2 Å². The topological polar surface area (TPSA) is 61.6 Å². The molecule has 0 radical (unpaired) electrons. The van der Waals surface area contributed by atoms with Crippen molar-refractivity contribution in [2.75, 3.05) is 5.32 Å². The highest BCUT2D eigenvalue weighted by Gasteiger charge is 2.12. The van der Waals surface area contributed by atoms with Gasteiger partial charge in [-0.15, -0.1) is 5.10 Å². The molecule has 0 fully saturated rings. The second-order valence-corrected chi connectivity index (χ2v) is 3.85. The zero-order valence-corrected chi connectivity index (χ0v) is 10.0. The lowest BCUT2D eigenvalue weighted by Crippen LogP contribution is -2.04. The highest BCUT2D eigenvalue weighted by atomic mass is 19.1. The molecule has 90 valence electrons. The van der Waals surface area contributed by atoms with Gasteiger partial charge in [-0.2, -0.15) is 10.4 Å². The summed E-state index contributed by atoms with van der Waals surface area (Å²) in [4.78, 5) is 0. The second-order valence-electron chi connectivity index (χ2n) is 3.85. The van der Waals surface area contributed by atoms with Crippen LogP contribution < -0.4 is 5.32 Å². The Morgan fingerprint density at radius 2 is 1.94 bits per heavy atom. The largest absolute Gasteiger partial charge is 0.335 e. The van der Waals surface area contributed by atoms with E-state index in [-0.39, 0.29) is 11.5 Å². The standard InChI is InChI=1S/C13H11FN4/c1-8-9(2)17-18-13(10(8)7-15)16-12-6-4-3-5-11(12)14/h3-6H,1-2H3,(H,16,18). The Balaban J connectivity index is 2.45. The third-order valence-electron chi connectivity index (χ3n) is 2.69. The van der Waals surface area contributed by atoms with Crippen LogP contribution in [0, 0.1) is 31.0 Å². The summed E-state index contributed by atoms with van der Waals surface area (Å²) >= 11 is 0. The zero-order chi connectivity index (χ0) is 13.1. The van der Waals surface area contributed by atoms with Crippen molar-refractivity contribution in [3.8, 4) is 6.07 Å². The fourth-order valence-electron chi connectivity index (χ4n) is 1.52. The summed E-state index contributed by atoms with van der Waals surface area (Å²) in [5.74, 6) is -0.132. The van der Waals surface area contributed by atoms with E-state index in [4.69, 9.17) is 5.26 Å². The first-order chi connectivity index (χ1) is 8.63. The van der Waals surface area contributed by atoms with Gasteiger partial charge in [0.15, 0.2) is 5.82 Å². The van der Waals surface area contributed by atoms with Gasteiger partial charge in [0.05, 0.1) is 11.4 Å². The number of para-hydroxylation sites is 1. The number of nitrogens with zero attached hydrogens (tertiary/aromatic N) is 3. The lowest BCUT2D eigenvalue weighted by atomic mass is 10.1. The van der Waals surface area contributed by atoms with Gasteiger partial charge in [-0.3, -0.25) is 0 Å². The van der Waals surface area contributed by atoms with Crippen LogP contribution in [0.15, 0.2) is 24.3 Å². The zero-order valence-electron chi connectivity index (χ0n) is 10.0. The average Bonchev–Trinajstić information content (AvgIpc) is 2.37. The Hall–Kier alpha value is -2.48. The van der Waals surface area contributed by atoms with Crippen LogP contribution in [-0.4, -0.2) is 10.2 Å². The molecule has 0 aliphatic rings. The first-order valence-electron chi connectivity index (χ1n) is 5.39. The van der Waals surface area contributed by atoms with Crippen LogP contribution in [0.3, 0.4) is 0 Å². The Bertz CT molecular complexity index is 631. The van der Waals surface area contributed by atoms with E-state index >= 15 is 0 Å². The molecule has 0 unspecified atom stereocenters. The first kappa shape index (κ1) is 12.0. The Labute approximate surface area is 104 Å². The van der Waals surface area contributed by atoms with Crippen LogP contribution in [0.4, 0.5) is 15.9 Å². The molecule has 1 heterocycles. The summed E-state index contributed by atoms with van der Waals surface area (Å²) in [6.45, 7) is 3.56. The van der Waals surface area contributed by atoms with Gasteiger partial charge in [-0.1, -0.05) is 12.1 Å². The third-order valence-corrected chi connectivity index (χ3v) is 2.69. The predicted octanol–water partition coefficient (Wildman–Crippen LogP) is 2.85. The van der Waals surface area contributed by atoms with Gasteiger partial charge >= 0.3 is 0 Å². The molecule has 0 saturated heterocycles. The molecule has 0 aliphatic carbocycles. The van der Waals surface area contributed by atoms with Crippen LogP contribution in [0.25, 0.3) is 0 Å². The summed E-state index contributed by atoms with van der Waals surface area (Å²) in [7, 11) is 0. The number of aromatic nitrogens is 2. The molecule has 0 bridgehead atoms. The molecule has 5 heteroatoms. The first-order valence-corrected chi connectivity index (χ1v) is 5.39. The number of hydrogen-bond donors (Lipinski definition) is 1. The van der Waals surface area contributed by atoms with Crippen LogP contribution >= 0.6 is 0 Å². The van der Waals surface area contributed by atoms with Crippen LogP contribution in [-0.2, 0) is 0 Å². The molecule has 0 atom stereocenters. The van der Waals surface area contributed by atoms with E-state index in [9.17, 15) is 4.39 Å². The molecular formula is C13H11FN4. The van der Waals surface area contributed by atoms with E-state index in [1.165, 1.54) is 6.07 Å². The number of anilines is 2. The molecule has 0 spiro atoms. The second kappa shape index (κ2) is 4.80. The lowest BCUT2D eigenvalue weighted by molar-refractivity contribution is 0.631. The van der Waals surface area contributed by atoms with E-state index in [0.29, 0.717) is 11.3 Å². The van der Waals surface area contributed by atoms with Gasteiger partial charge in [0, 0.05) is 0 Å². The molecule has 2 rings (SSSR count). The van der Waals surface area contributed by atoms with Crippen LogP contribution in [0.5, 0.6) is 0 Å². The Morgan fingerprint density at radius 1 is 1.22 bits per heavy atom. The van der Waals surface area contributed by atoms with Gasteiger partial charge in [0.2, 0.25) is 0 Å². The van der Waals surface area contributed by atoms with Gasteiger partial charge < -0.3 is 5.32 Å². The number of rotatable bonds is 2. The fraction of sp³-hybridized carbons (Fsp3) is 0.154. The van der Waals surface area contributed by atoms with Crippen molar-refractivity contribution in [3.63, 3.8) is 0 Å². The number of hydrogen-bond acceptors (Lipinski definition) is 4.